The quantitative estimate of drug-likeness (QED) is 0.724. The Morgan fingerprint density at radius 1 is 1.38 bits per heavy atom. The molecule has 0 saturated heterocycles. The van der Waals surface area contributed by atoms with Gasteiger partial charge in [-0.25, -0.2) is 9.67 Å². The van der Waals surface area contributed by atoms with Crippen molar-refractivity contribution in [3.8, 4) is 10.7 Å². The zero-order valence-electron chi connectivity index (χ0n) is 13.6. The van der Waals surface area contributed by atoms with Gasteiger partial charge in [-0.2, -0.15) is 18.2 Å². The van der Waals surface area contributed by atoms with Gasteiger partial charge in [-0.3, -0.25) is 4.79 Å². The van der Waals surface area contributed by atoms with Gasteiger partial charge in [0.1, 0.15) is 6.33 Å². The molecule has 1 amide bonds. The number of hydrogen-bond acceptors (Lipinski definition) is 7. The summed E-state index contributed by atoms with van der Waals surface area (Å²) in [5, 5.41) is 10.1. The number of nitrogens with zero attached hydrogens (tertiary/aromatic N) is 5. The van der Waals surface area contributed by atoms with Crippen LogP contribution in [0.25, 0.3) is 10.7 Å². The van der Waals surface area contributed by atoms with Crippen LogP contribution in [0.1, 0.15) is 35.2 Å². The van der Waals surface area contributed by atoms with Gasteiger partial charge < -0.3 is 9.84 Å². The fraction of sp³-hybridized carbons (Fsp3) is 0.357. The van der Waals surface area contributed by atoms with Crippen molar-refractivity contribution in [3.63, 3.8) is 0 Å². The number of thiophene rings is 1. The molecule has 1 N–H and O–H groups in total. The van der Waals surface area contributed by atoms with Crippen molar-refractivity contribution in [2.75, 3.05) is 0 Å². The fourth-order valence-corrected chi connectivity index (χ4v) is 2.91. The van der Waals surface area contributed by atoms with Crippen molar-refractivity contribution < 1.29 is 22.5 Å². The van der Waals surface area contributed by atoms with E-state index < -0.39 is 12.1 Å². The molecular weight excluding hydrogens is 373 g/mol. The zero-order valence-corrected chi connectivity index (χ0v) is 14.4. The maximum atomic E-state index is 12.5. The second-order valence-electron chi connectivity index (χ2n) is 5.58. The number of carbonyl (C=O) groups excluding carboxylic acids is 1. The van der Waals surface area contributed by atoms with E-state index in [9.17, 15) is 18.0 Å². The van der Waals surface area contributed by atoms with Gasteiger partial charge in [-0.15, -0.1) is 16.4 Å². The van der Waals surface area contributed by atoms with Gasteiger partial charge in [0.15, 0.2) is 0 Å². The van der Waals surface area contributed by atoms with Crippen LogP contribution in [0.3, 0.4) is 0 Å². The molecule has 0 saturated carbocycles. The zero-order chi connectivity index (χ0) is 18.9. The number of carbonyl (C=O) groups is 1. The lowest BCUT2D eigenvalue weighted by Crippen LogP contribution is -2.31. The first-order valence-corrected chi connectivity index (χ1v) is 8.24. The lowest BCUT2D eigenvalue weighted by Gasteiger charge is -2.04. The number of hydrogen-bond donors (Lipinski definition) is 1. The topological polar surface area (TPSA) is 98.7 Å². The molecule has 26 heavy (non-hydrogen) atoms. The van der Waals surface area contributed by atoms with Crippen molar-refractivity contribution in [3.05, 3.63) is 35.1 Å². The van der Waals surface area contributed by atoms with Crippen molar-refractivity contribution in [1.82, 2.24) is 30.2 Å². The molecule has 8 nitrogen and oxygen atoms in total. The van der Waals surface area contributed by atoms with Gasteiger partial charge in [0.05, 0.1) is 11.4 Å². The van der Waals surface area contributed by atoms with E-state index in [1.165, 1.54) is 22.3 Å². The van der Waals surface area contributed by atoms with E-state index in [1.807, 2.05) is 13.8 Å². The monoisotopic (exact) mass is 386 g/mol. The molecule has 0 unspecified atom stereocenters. The van der Waals surface area contributed by atoms with Gasteiger partial charge in [-0.05, 0) is 26.0 Å². The Morgan fingerprint density at radius 2 is 2.15 bits per heavy atom. The summed E-state index contributed by atoms with van der Waals surface area (Å²) in [6.45, 7) is 3.95. The molecule has 0 fully saturated rings. The molecule has 0 spiro atoms. The van der Waals surface area contributed by atoms with Crippen LogP contribution in [0.4, 0.5) is 13.2 Å². The molecular formula is C14H13F3N6O2S. The molecule has 0 atom stereocenters. The summed E-state index contributed by atoms with van der Waals surface area (Å²) in [5.74, 6) is -1.86. The number of amides is 1. The first kappa shape index (κ1) is 18.0. The Kier molecular flexibility index (Phi) is 4.76. The number of nitrogens with one attached hydrogen (secondary N) is 1. The summed E-state index contributed by atoms with van der Waals surface area (Å²) >= 11 is 1.19. The Balaban J connectivity index is 1.70. The predicted molar refractivity (Wildman–Crippen MR) is 84.3 cm³/mol. The lowest BCUT2D eigenvalue weighted by molar-refractivity contribution is -0.159. The lowest BCUT2D eigenvalue weighted by atomic mass is 10.4. The highest BCUT2D eigenvalue weighted by molar-refractivity contribution is 7.15. The highest BCUT2D eigenvalue weighted by Crippen LogP contribution is 2.31. The molecule has 0 aromatic carbocycles. The van der Waals surface area contributed by atoms with Gasteiger partial charge >= 0.3 is 12.1 Å². The third-order valence-electron chi connectivity index (χ3n) is 3.03. The van der Waals surface area contributed by atoms with E-state index in [4.69, 9.17) is 0 Å². The van der Waals surface area contributed by atoms with E-state index in [0.717, 1.165) is 4.88 Å². The number of rotatable bonds is 5. The van der Waals surface area contributed by atoms with Crippen LogP contribution >= 0.6 is 11.3 Å². The van der Waals surface area contributed by atoms with Crippen molar-refractivity contribution >= 4 is 17.2 Å². The van der Waals surface area contributed by atoms with E-state index >= 15 is 0 Å². The van der Waals surface area contributed by atoms with Crippen LogP contribution in [-0.2, 0) is 12.7 Å². The molecule has 0 aliphatic heterocycles. The SMILES string of the molecule is CC(C)NC(=O)c1ncn(Cc2ccc(-c3noc(C(F)(F)F)n3)s2)n1. The normalized spacial score (nSPS) is 11.9. The highest BCUT2D eigenvalue weighted by atomic mass is 32.1. The first-order chi connectivity index (χ1) is 12.2. The predicted octanol–water partition coefficient (Wildman–Crippen LogP) is 2.59. The van der Waals surface area contributed by atoms with E-state index in [0.29, 0.717) is 11.4 Å². The van der Waals surface area contributed by atoms with E-state index in [1.54, 1.807) is 12.1 Å². The van der Waals surface area contributed by atoms with Crippen LogP contribution in [0.15, 0.2) is 23.0 Å². The molecule has 0 bridgehead atoms. The average molecular weight is 386 g/mol. The Hall–Kier alpha value is -2.76. The van der Waals surface area contributed by atoms with Crippen LogP contribution in [0.5, 0.6) is 0 Å². The molecule has 3 aromatic heterocycles. The third-order valence-corrected chi connectivity index (χ3v) is 4.09. The second kappa shape index (κ2) is 6.86. The minimum absolute atomic E-state index is 0.0362. The highest BCUT2D eigenvalue weighted by Gasteiger charge is 2.38. The molecule has 3 aromatic rings. The summed E-state index contributed by atoms with van der Waals surface area (Å²) in [6.07, 6.45) is -3.27. The third kappa shape index (κ3) is 4.07. The molecule has 0 aliphatic carbocycles. The Bertz CT molecular complexity index is 914. The largest absolute Gasteiger partial charge is 0.471 e. The standard InChI is InChI=1S/C14H13F3N6O2S/c1-7(2)19-12(24)11-18-6-23(21-11)5-8-3-4-9(26-8)10-20-13(25-22-10)14(15,16)17/h3-4,6-7H,5H2,1-2H3,(H,19,24). The Morgan fingerprint density at radius 3 is 2.81 bits per heavy atom. The number of halogens is 3. The summed E-state index contributed by atoms with van der Waals surface area (Å²) < 4.78 is 43.2. The Labute approximate surface area is 149 Å². The maximum Gasteiger partial charge on any atom is 0.471 e. The summed E-state index contributed by atoms with van der Waals surface area (Å²) in [6, 6.07) is 3.26. The minimum Gasteiger partial charge on any atom is -0.347 e. The van der Waals surface area contributed by atoms with E-state index in [-0.39, 0.29) is 23.6 Å². The van der Waals surface area contributed by atoms with Crippen LogP contribution in [0.2, 0.25) is 0 Å². The molecule has 0 aliphatic rings. The maximum absolute atomic E-state index is 12.5. The molecule has 138 valence electrons. The second-order valence-corrected chi connectivity index (χ2v) is 6.75. The van der Waals surface area contributed by atoms with Gasteiger partial charge in [0, 0.05) is 10.9 Å². The molecule has 3 heterocycles. The van der Waals surface area contributed by atoms with E-state index in [2.05, 4.69) is 30.1 Å². The number of aromatic nitrogens is 5. The summed E-state index contributed by atoms with van der Waals surface area (Å²) in [4.78, 5) is 20.3. The van der Waals surface area contributed by atoms with Gasteiger partial charge in [-0.1, -0.05) is 5.16 Å². The van der Waals surface area contributed by atoms with Crippen molar-refractivity contribution in [1.29, 1.82) is 0 Å². The molecule has 3 rings (SSSR count). The van der Waals surface area contributed by atoms with Gasteiger partial charge in [0.25, 0.3) is 5.91 Å². The van der Waals surface area contributed by atoms with Crippen LogP contribution in [-0.4, -0.2) is 36.9 Å². The van der Waals surface area contributed by atoms with Gasteiger partial charge in [0.2, 0.25) is 11.6 Å². The number of alkyl halides is 3. The first-order valence-electron chi connectivity index (χ1n) is 7.42. The molecule has 0 radical (unpaired) electrons. The fourth-order valence-electron chi connectivity index (χ4n) is 1.98. The summed E-state index contributed by atoms with van der Waals surface area (Å²) in [7, 11) is 0. The van der Waals surface area contributed by atoms with Crippen molar-refractivity contribution in [2.24, 2.45) is 0 Å². The molecule has 12 heteroatoms. The minimum atomic E-state index is -4.68. The average Bonchev–Trinajstić information content (AvgIpc) is 3.26. The van der Waals surface area contributed by atoms with Crippen LogP contribution in [0, 0.1) is 0 Å². The van der Waals surface area contributed by atoms with Crippen LogP contribution < -0.4 is 5.32 Å². The van der Waals surface area contributed by atoms with Crippen molar-refractivity contribution in [2.45, 2.75) is 32.6 Å². The summed E-state index contributed by atoms with van der Waals surface area (Å²) in [5.41, 5.74) is 0. The smallest absolute Gasteiger partial charge is 0.347 e.